The van der Waals surface area contributed by atoms with Crippen molar-refractivity contribution < 1.29 is 4.74 Å². The van der Waals surface area contributed by atoms with E-state index in [1.165, 1.54) is 25.9 Å². The van der Waals surface area contributed by atoms with Gasteiger partial charge in [0.05, 0.1) is 11.9 Å². The van der Waals surface area contributed by atoms with Crippen molar-refractivity contribution in [2.45, 2.75) is 12.8 Å². The lowest BCUT2D eigenvalue weighted by Crippen LogP contribution is -2.25. The van der Waals surface area contributed by atoms with Gasteiger partial charge in [0.15, 0.2) is 5.65 Å². The molecule has 2 N–H and O–H groups in total. The maximum atomic E-state index is 6.02. The number of nitrogens with zero attached hydrogens (tertiary/aromatic N) is 5. The van der Waals surface area contributed by atoms with E-state index in [4.69, 9.17) is 4.74 Å². The maximum absolute atomic E-state index is 6.02. The second kappa shape index (κ2) is 9.72. The Kier molecular flexibility index (Phi) is 5.79. The summed E-state index contributed by atoms with van der Waals surface area (Å²) in [5.74, 6) is 0.772. The first-order valence-electron chi connectivity index (χ1n) is 13.0. The molecule has 8 nitrogen and oxygen atoms in total. The van der Waals surface area contributed by atoms with Crippen LogP contribution in [0.25, 0.3) is 55.6 Å². The van der Waals surface area contributed by atoms with Crippen molar-refractivity contribution in [3.05, 3.63) is 79.5 Å². The molecular weight excluding hydrogens is 474 g/mol. The largest absolute Gasteiger partial charge is 0.491 e. The number of benzene rings is 1. The molecule has 1 aliphatic heterocycles. The lowest BCUT2D eigenvalue weighted by atomic mass is 10.0. The van der Waals surface area contributed by atoms with E-state index in [9.17, 15) is 0 Å². The average molecular weight is 502 g/mol. The van der Waals surface area contributed by atoms with E-state index < -0.39 is 0 Å². The average Bonchev–Trinajstić information content (AvgIpc) is 3.73. The first-order valence-corrected chi connectivity index (χ1v) is 13.0. The Morgan fingerprint density at radius 3 is 2.61 bits per heavy atom. The number of pyridine rings is 3. The zero-order valence-corrected chi connectivity index (χ0v) is 20.9. The molecule has 0 unspecified atom stereocenters. The van der Waals surface area contributed by atoms with Crippen LogP contribution in [0.2, 0.25) is 0 Å². The van der Waals surface area contributed by atoms with E-state index in [1.54, 1.807) is 6.20 Å². The molecule has 0 radical (unpaired) electrons. The molecule has 0 atom stereocenters. The summed E-state index contributed by atoms with van der Waals surface area (Å²) in [5.41, 5.74) is 7.76. The van der Waals surface area contributed by atoms with Crippen molar-refractivity contribution in [3.63, 3.8) is 0 Å². The summed E-state index contributed by atoms with van der Waals surface area (Å²) >= 11 is 0. The number of hydrogen-bond acceptors (Lipinski definition) is 6. The Hall–Kier alpha value is -4.56. The number of nitrogens with one attached hydrogen (secondary N) is 2. The van der Waals surface area contributed by atoms with Crippen molar-refractivity contribution in [3.8, 4) is 39.4 Å². The number of likely N-dealkylation sites (tertiary alicyclic amines) is 1. The zero-order chi connectivity index (χ0) is 25.3. The first-order chi connectivity index (χ1) is 18.8. The molecule has 188 valence electrons. The van der Waals surface area contributed by atoms with Gasteiger partial charge in [-0.2, -0.15) is 5.10 Å². The van der Waals surface area contributed by atoms with E-state index in [2.05, 4.69) is 65.4 Å². The van der Waals surface area contributed by atoms with Crippen LogP contribution < -0.4 is 4.74 Å². The van der Waals surface area contributed by atoms with Crippen molar-refractivity contribution in [2.24, 2.45) is 0 Å². The van der Waals surface area contributed by atoms with Crippen LogP contribution in [-0.4, -0.2) is 61.3 Å². The highest BCUT2D eigenvalue weighted by atomic mass is 16.5. The summed E-state index contributed by atoms with van der Waals surface area (Å²) in [5, 5.41) is 9.79. The Labute approximate surface area is 219 Å². The predicted octanol–water partition coefficient (Wildman–Crippen LogP) is 5.70. The minimum Gasteiger partial charge on any atom is -0.491 e. The van der Waals surface area contributed by atoms with Crippen LogP contribution in [0.1, 0.15) is 12.8 Å². The molecule has 1 aliphatic rings. The smallest absolute Gasteiger partial charge is 0.155 e. The normalized spacial score (nSPS) is 14.0. The molecule has 1 saturated heterocycles. The Balaban J connectivity index is 1.20. The second-order valence-corrected chi connectivity index (χ2v) is 9.68. The fourth-order valence-corrected chi connectivity index (χ4v) is 5.29. The predicted molar refractivity (Wildman–Crippen MR) is 149 cm³/mol. The Bertz CT molecular complexity index is 1720. The van der Waals surface area contributed by atoms with E-state index in [0.29, 0.717) is 6.61 Å². The van der Waals surface area contributed by atoms with Gasteiger partial charge in [-0.3, -0.25) is 20.0 Å². The van der Waals surface area contributed by atoms with E-state index in [-0.39, 0.29) is 0 Å². The summed E-state index contributed by atoms with van der Waals surface area (Å²) in [7, 11) is 0. The molecular formula is C30H27N7O. The van der Waals surface area contributed by atoms with Crippen LogP contribution in [0.15, 0.2) is 79.5 Å². The number of hydrogen-bond donors (Lipinski definition) is 2. The molecule has 0 saturated carbocycles. The van der Waals surface area contributed by atoms with Crippen LogP contribution in [0.4, 0.5) is 0 Å². The molecule has 7 rings (SSSR count). The maximum Gasteiger partial charge on any atom is 0.155 e. The van der Waals surface area contributed by atoms with E-state index in [1.807, 2.05) is 43.0 Å². The van der Waals surface area contributed by atoms with Gasteiger partial charge in [-0.15, -0.1) is 0 Å². The minimum absolute atomic E-state index is 0.663. The van der Waals surface area contributed by atoms with Crippen molar-refractivity contribution in [1.82, 2.24) is 35.0 Å². The van der Waals surface area contributed by atoms with Gasteiger partial charge in [-0.05, 0) is 73.5 Å². The SMILES string of the molecule is c1cc(-c2ccncc2)c2cc(-c3n[nH]c4ncc(-c5cncc(OCCN6CCCC6)c5)cc34)[nH]c2c1. The molecule has 0 spiro atoms. The van der Waals surface area contributed by atoms with Crippen LogP contribution in [-0.2, 0) is 0 Å². The molecule has 6 aromatic rings. The van der Waals surface area contributed by atoms with E-state index in [0.717, 1.165) is 67.9 Å². The highest BCUT2D eigenvalue weighted by Crippen LogP contribution is 2.34. The van der Waals surface area contributed by atoms with Gasteiger partial charge < -0.3 is 9.72 Å². The van der Waals surface area contributed by atoms with Crippen molar-refractivity contribution in [1.29, 1.82) is 0 Å². The molecule has 1 aromatic carbocycles. The second-order valence-electron chi connectivity index (χ2n) is 9.68. The number of ether oxygens (including phenoxy) is 1. The zero-order valence-electron chi connectivity index (χ0n) is 20.9. The number of H-pyrrole nitrogens is 2. The third-order valence-electron chi connectivity index (χ3n) is 7.25. The third-order valence-corrected chi connectivity index (χ3v) is 7.25. The van der Waals surface area contributed by atoms with Gasteiger partial charge in [-0.25, -0.2) is 4.98 Å². The summed E-state index contributed by atoms with van der Waals surface area (Å²) in [6.45, 7) is 3.95. The van der Waals surface area contributed by atoms with Gasteiger partial charge in [0.2, 0.25) is 0 Å². The van der Waals surface area contributed by atoms with Crippen LogP contribution >= 0.6 is 0 Å². The molecule has 0 bridgehead atoms. The van der Waals surface area contributed by atoms with Crippen LogP contribution in [0.3, 0.4) is 0 Å². The Morgan fingerprint density at radius 1 is 0.842 bits per heavy atom. The van der Waals surface area contributed by atoms with Crippen LogP contribution in [0.5, 0.6) is 5.75 Å². The van der Waals surface area contributed by atoms with Gasteiger partial charge in [0, 0.05) is 58.7 Å². The van der Waals surface area contributed by atoms with Crippen LogP contribution in [0, 0.1) is 0 Å². The fourth-order valence-electron chi connectivity index (χ4n) is 5.29. The topological polar surface area (TPSA) is 95.6 Å². The quantitative estimate of drug-likeness (QED) is 0.291. The molecule has 1 fully saturated rings. The van der Waals surface area contributed by atoms with Gasteiger partial charge in [0.1, 0.15) is 18.1 Å². The van der Waals surface area contributed by atoms with Gasteiger partial charge in [-0.1, -0.05) is 12.1 Å². The molecule has 8 heteroatoms. The fraction of sp³-hybridized carbons (Fsp3) is 0.200. The van der Waals surface area contributed by atoms with Crippen molar-refractivity contribution in [2.75, 3.05) is 26.2 Å². The third kappa shape index (κ3) is 4.29. The van der Waals surface area contributed by atoms with Crippen molar-refractivity contribution >= 4 is 21.9 Å². The Morgan fingerprint density at radius 2 is 1.71 bits per heavy atom. The molecule has 0 amide bonds. The van der Waals surface area contributed by atoms with Gasteiger partial charge >= 0.3 is 0 Å². The van der Waals surface area contributed by atoms with Gasteiger partial charge in [0.25, 0.3) is 0 Å². The lowest BCUT2D eigenvalue weighted by Gasteiger charge is -2.15. The first kappa shape index (κ1) is 22.6. The summed E-state index contributed by atoms with van der Waals surface area (Å²) in [6, 6.07) is 16.6. The highest BCUT2D eigenvalue weighted by molar-refractivity contribution is 6.01. The monoisotopic (exact) mass is 501 g/mol. The minimum atomic E-state index is 0.663. The highest BCUT2D eigenvalue weighted by Gasteiger charge is 2.16. The molecule has 0 aliphatic carbocycles. The number of rotatable bonds is 7. The standard InChI is InChI=1S/C30H27N7O/c1-2-11-37(10-1)12-13-38-23-14-21(17-32-19-23)22-15-26-29(35-36-30(26)33-18-22)28-16-25-24(4-3-5-27(25)34-28)20-6-8-31-9-7-20/h3-9,14-19,34H,1-2,10-13H2,(H,33,35,36). The summed E-state index contributed by atoms with van der Waals surface area (Å²) < 4.78 is 6.02. The molecule has 5 aromatic heterocycles. The number of fused-ring (bicyclic) bond motifs is 2. The summed E-state index contributed by atoms with van der Waals surface area (Å²) in [6.07, 6.45) is 11.7. The number of aromatic amines is 2. The lowest BCUT2D eigenvalue weighted by molar-refractivity contribution is 0.237. The molecule has 38 heavy (non-hydrogen) atoms. The summed E-state index contributed by atoms with van der Waals surface area (Å²) in [4.78, 5) is 19.2. The number of aromatic nitrogens is 6. The van der Waals surface area contributed by atoms with E-state index >= 15 is 0 Å². The molecule has 6 heterocycles.